The fraction of sp³-hybridized carbons (Fsp3) is 0.286. The van der Waals surface area contributed by atoms with E-state index in [2.05, 4.69) is 9.72 Å². The lowest BCUT2D eigenvalue weighted by atomic mass is 10.1. The number of esters is 1. The molecular weight excluding hydrogens is 301 g/mol. The van der Waals surface area contributed by atoms with E-state index in [0.29, 0.717) is 27.0 Å². The molecule has 1 heterocycles. The first-order valence-corrected chi connectivity index (χ1v) is 6.62. The van der Waals surface area contributed by atoms with Crippen LogP contribution < -0.4 is 4.74 Å². The third kappa shape index (κ3) is 2.67. The molecule has 0 aliphatic heterocycles. The number of hydrogen-bond acceptors (Lipinski definition) is 4. The molecule has 0 radical (unpaired) electrons. The highest BCUT2D eigenvalue weighted by molar-refractivity contribution is 6.38. The quantitative estimate of drug-likeness (QED) is 0.813. The van der Waals surface area contributed by atoms with Gasteiger partial charge in [0.2, 0.25) is 0 Å². The summed E-state index contributed by atoms with van der Waals surface area (Å²) < 4.78 is 9.91. The van der Waals surface area contributed by atoms with Gasteiger partial charge < -0.3 is 9.47 Å². The summed E-state index contributed by atoms with van der Waals surface area (Å²) in [7, 11) is 2.86. The predicted octanol–water partition coefficient (Wildman–Crippen LogP) is 3.57. The second-order valence-electron chi connectivity index (χ2n) is 4.26. The normalized spacial score (nSPS) is 10.7. The number of hydrogen-bond donors (Lipinski definition) is 0. The Morgan fingerprint density at radius 3 is 2.55 bits per heavy atom. The zero-order valence-electron chi connectivity index (χ0n) is 11.3. The molecule has 2 aromatic rings. The van der Waals surface area contributed by atoms with Gasteiger partial charge in [-0.3, -0.25) is 4.79 Å². The van der Waals surface area contributed by atoms with Gasteiger partial charge in [-0.2, -0.15) is 0 Å². The van der Waals surface area contributed by atoms with Crippen molar-refractivity contribution in [1.82, 2.24) is 4.98 Å². The van der Waals surface area contributed by atoms with Crippen LogP contribution in [0.3, 0.4) is 0 Å². The summed E-state index contributed by atoms with van der Waals surface area (Å²) in [5.74, 6) is 0.141. The van der Waals surface area contributed by atoms with Crippen molar-refractivity contribution in [2.45, 2.75) is 13.3 Å². The summed E-state index contributed by atoms with van der Waals surface area (Å²) in [4.78, 5) is 15.8. The predicted molar refractivity (Wildman–Crippen MR) is 78.8 cm³/mol. The first-order valence-electron chi connectivity index (χ1n) is 5.87. The highest BCUT2D eigenvalue weighted by atomic mass is 35.5. The van der Waals surface area contributed by atoms with Crippen LogP contribution in [-0.2, 0) is 16.0 Å². The number of nitrogens with zero attached hydrogens (tertiary/aromatic N) is 1. The van der Waals surface area contributed by atoms with Crippen LogP contribution in [0.15, 0.2) is 12.1 Å². The molecule has 0 atom stereocenters. The van der Waals surface area contributed by atoms with Crippen LogP contribution in [0.5, 0.6) is 5.75 Å². The van der Waals surface area contributed by atoms with Gasteiger partial charge in [0.05, 0.1) is 31.4 Å². The average molecular weight is 314 g/mol. The number of rotatable bonds is 3. The van der Waals surface area contributed by atoms with E-state index in [1.54, 1.807) is 12.1 Å². The molecule has 0 saturated heterocycles. The molecule has 0 aliphatic rings. The summed E-state index contributed by atoms with van der Waals surface area (Å²) in [5.41, 5.74) is 1.93. The fourth-order valence-electron chi connectivity index (χ4n) is 1.98. The molecule has 0 amide bonds. The van der Waals surface area contributed by atoms with E-state index in [9.17, 15) is 4.79 Å². The summed E-state index contributed by atoms with van der Waals surface area (Å²) in [6.45, 7) is 1.86. The molecule has 0 N–H and O–H groups in total. The van der Waals surface area contributed by atoms with Crippen LogP contribution in [-0.4, -0.2) is 25.2 Å². The van der Waals surface area contributed by atoms with Crippen molar-refractivity contribution in [3.05, 3.63) is 33.4 Å². The summed E-state index contributed by atoms with van der Waals surface area (Å²) >= 11 is 12.4. The third-order valence-electron chi connectivity index (χ3n) is 3.02. The van der Waals surface area contributed by atoms with Gasteiger partial charge in [0.1, 0.15) is 11.3 Å². The number of aromatic nitrogens is 1. The molecular formula is C14H13Cl2NO3. The molecule has 6 heteroatoms. The molecule has 0 bridgehead atoms. The molecule has 20 heavy (non-hydrogen) atoms. The van der Waals surface area contributed by atoms with Crippen LogP contribution in [0.25, 0.3) is 10.9 Å². The van der Waals surface area contributed by atoms with Gasteiger partial charge in [-0.1, -0.05) is 23.2 Å². The Bertz CT molecular complexity index is 686. The SMILES string of the molecule is COC(=O)Cc1cc(Cl)c2c(C)c(Cl)cc(OC)c2n1. The molecule has 0 saturated carbocycles. The lowest BCUT2D eigenvalue weighted by Crippen LogP contribution is -2.06. The molecule has 106 valence electrons. The van der Waals surface area contributed by atoms with E-state index in [4.69, 9.17) is 27.9 Å². The second kappa shape index (κ2) is 5.85. The Morgan fingerprint density at radius 2 is 1.95 bits per heavy atom. The summed E-state index contributed by atoms with van der Waals surface area (Å²) in [5, 5.41) is 1.76. The van der Waals surface area contributed by atoms with Crippen molar-refractivity contribution in [3.8, 4) is 5.75 Å². The molecule has 0 aliphatic carbocycles. The lowest BCUT2D eigenvalue weighted by Gasteiger charge is -2.12. The molecule has 4 nitrogen and oxygen atoms in total. The third-order valence-corrected chi connectivity index (χ3v) is 3.71. The van der Waals surface area contributed by atoms with E-state index in [1.807, 2.05) is 6.92 Å². The number of aryl methyl sites for hydroxylation is 1. The van der Waals surface area contributed by atoms with Gasteiger partial charge >= 0.3 is 5.97 Å². The van der Waals surface area contributed by atoms with Gasteiger partial charge in [-0.25, -0.2) is 4.98 Å². The van der Waals surface area contributed by atoms with Crippen LogP contribution in [0.1, 0.15) is 11.3 Å². The van der Waals surface area contributed by atoms with Gasteiger partial charge in [-0.15, -0.1) is 0 Å². The number of carbonyl (C=O) groups excluding carboxylic acids is 1. The van der Waals surface area contributed by atoms with E-state index in [0.717, 1.165) is 10.9 Å². The van der Waals surface area contributed by atoms with Crippen molar-refractivity contribution in [3.63, 3.8) is 0 Å². The van der Waals surface area contributed by atoms with Crippen LogP contribution in [0, 0.1) is 6.92 Å². The van der Waals surface area contributed by atoms with Gasteiger partial charge in [0.15, 0.2) is 0 Å². The lowest BCUT2D eigenvalue weighted by molar-refractivity contribution is -0.139. The smallest absolute Gasteiger partial charge is 0.311 e. The minimum absolute atomic E-state index is 0.0526. The molecule has 0 unspecified atom stereocenters. The Hall–Kier alpha value is -1.52. The van der Waals surface area contributed by atoms with Crippen LogP contribution in [0.4, 0.5) is 0 Å². The maximum Gasteiger partial charge on any atom is 0.311 e. The van der Waals surface area contributed by atoms with Crippen molar-refractivity contribution >= 4 is 40.1 Å². The van der Waals surface area contributed by atoms with Gasteiger partial charge in [0.25, 0.3) is 0 Å². The van der Waals surface area contributed by atoms with Crippen molar-refractivity contribution < 1.29 is 14.3 Å². The molecule has 0 fully saturated rings. The minimum Gasteiger partial charge on any atom is -0.494 e. The monoisotopic (exact) mass is 313 g/mol. The molecule has 0 spiro atoms. The van der Waals surface area contributed by atoms with E-state index < -0.39 is 0 Å². The highest BCUT2D eigenvalue weighted by Gasteiger charge is 2.15. The summed E-state index contributed by atoms with van der Waals surface area (Å²) in [6, 6.07) is 3.33. The number of halogens is 2. The molecule has 1 aromatic heterocycles. The van der Waals surface area contributed by atoms with Crippen molar-refractivity contribution in [2.24, 2.45) is 0 Å². The number of fused-ring (bicyclic) bond motifs is 1. The first-order chi connectivity index (χ1) is 9.47. The Balaban J connectivity index is 2.70. The largest absolute Gasteiger partial charge is 0.494 e. The number of benzene rings is 1. The maximum atomic E-state index is 11.3. The van der Waals surface area contributed by atoms with Crippen molar-refractivity contribution in [1.29, 1.82) is 0 Å². The Morgan fingerprint density at radius 1 is 1.25 bits per heavy atom. The highest BCUT2D eigenvalue weighted by Crippen LogP contribution is 2.36. The second-order valence-corrected chi connectivity index (χ2v) is 5.07. The van der Waals surface area contributed by atoms with E-state index in [1.165, 1.54) is 14.2 Å². The Labute approximate surface area is 126 Å². The zero-order valence-corrected chi connectivity index (χ0v) is 12.8. The fourth-order valence-corrected chi connectivity index (χ4v) is 2.53. The summed E-state index contributed by atoms with van der Waals surface area (Å²) in [6.07, 6.45) is 0.0526. The average Bonchev–Trinajstić information content (AvgIpc) is 2.42. The zero-order chi connectivity index (χ0) is 14.9. The standard InChI is InChI=1S/C14H13Cl2NO3/c1-7-9(15)6-11(19-2)14-13(7)10(16)4-8(17-14)5-12(18)20-3/h4,6H,5H2,1-3H3. The van der Waals surface area contributed by atoms with E-state index in [-0.39, 0.29) is 12.4 Å². The minimum atomic E-state index is -0.377. The molecule has 2 rings (SSSR count). The topological polar surface area (TPSA) is 48.4 Å². The number of pyridine rings is 1. The number of carbonyl (C=O) groups is 1. The number of methoxy groups -OCH3 is 2. The van der Waals surface area contributed by atoms with E-state index >= 15 is 0 Å². The molecule has 1 aromatic carbocycles. The van der Waals surface area contributed by atoms with Gasteiger partial charge in [0, 0.05) is 16.5 Å². The van der Waals surface area contributed by atoms with Crippen LogP contribution >= 0.6 is 23.2 Å². The number of ether oxygens (including phenoxy) is 2. The van der Waals surface area contributed by atoms with Crippen LogP contribution in [0.2, 0.25) is 10.0 Å². The van der Waals surface area contributed by atoms with Gasteiger partial charge in [-0.05, 0) is 18.6 Å². The van der Waals surface area contributed by atoms with Crippen molar-refractivity contribution in [2.75, 3.05) is 14.2 Å². The first kappa shape index (κ1) is 14.9. The maximum absolute atomic E-state index is 11.3. The Kier molecular flexibility index (Phi) is 4.35.